The number of nitrogens with one attached hydrogen (secondary N) is 1. The zero-order valence-electron chi connectivity index (χ0n) is 20.5. The van der Waals surface area contributed by atoms with Crippen molar-refractivity contribution in [3.63, 3.8) is 0 Å². The van der Waals surface area contributed by atoms with Crippen molar-refractivity contribution in [1.82, 2.24) is 0 Å². The molecule has 5 nitrogen and oxygen atoms in total. The van der Waals surface area contributed by atoms with Gasteiger partial charge in [-0.25, -0.2) is 4.90 Å². The van der Waals surface area contributed by atoms with Crippen molar-refractivity contribution in [2.75, 3.05) is 10.2 Å². The molecule has 2 amide bonds. The Morgan fingerprint density at radius 3 is 2.21 bits per heavy atom. The first kappa shape index (κ1) is 23.3. The largest absolute Gasteiger partial charge is 0.491 e. The van der Waals surface area contributed by atoms with Gasteiger partial charge < -0.3 is 10.1 Å². The first-order valence-corrected chi connectivity index (χ1v) is 11.5. The summed E-state index contributed by atoms with van der Waals surface area (Å²) in [4.78, 5) is 28.8. The summed E-state index contributed by atoms with van der Waals surface area (Å²) in [6.07, 6.45) is 0.0427. The number of hydrogen-bond donors (Lipinski definition) is 1. The van der Waals surface area contributed by atoms with Crippen LogP contribution in [0.1, 0.15) is 41.7 Å². The maximum Gasteiger partial charge on any atom is 0.282 e. The summed E-state index contributed by atoms with van der Waals surface area (Å²) in [5.74, 6) is 0.00712. The number of amides is 2. The first-order chi connectivity index (χ1) is 16.2. The van der Waals surface area contributed by atoms with Gasteiger partial charge in [0.05, 0.1) is 17.4 Å². The lowest BCUT2D eigenvalue weighted by Crippen LogP contribution is -2.33. The highest BCUT2D eigenvalue weighted by atomic mass is 16.5. The summed E-state index contributed by atoms with van der Waals surface area (Å²) < 4.78 is 5.76. The number of carbonyl (C=O) groups is 2. The van der Waals surface area contributed by atoms with E-state index in [9.17, 15) is 9.59 Å². The van der Waals surface area contributed by atoms with Crippen LogP contribution in [0.4, 0.5) is 11.4 Å². The summed E-state index contributed by atoms with van der Waals surface area (Å²) in [6.45, 7) is 11.8. The summed E-state index contributed by atoms with van der Waals surface area (Å²) in [6, 6.07) is 19.0. The molecule has 0 fully saturated rings. The molecule has 3 aromatic carbocycles. The van der Waals surface area contributed by atoms with Crippen LogP contribution in [0.3, 0.4) is 0 Å². The monoisotopic (exact) mass is 454 g/mol. The van der Waals surface area contributed by atoms with E-state index in [0.29, 0.717) is 22.6 Å². The van der Waals surface area contributed by atoms with Crippen molar-refractivity contribution in [1.29, 1.82) is 0 Å². The molecule has 0 bridgehead atoms. The van der Waals surface area contributed by atoms with Crippen molar-refractivity contribution in [2.24, 2.45) is 0 Å². The van der Waals surface area contributed by atoms with E-state index < -0.39 is 0 Å². The molecule has 174 valence electrons. The van der Waals surface area contributed by atoms with Gasteiger partial charge in [-0.15, -0.1) is 0 Å². The normalized spacial score (nSPS) is 13.8. The minimum Gasteiger partial charge on any atom is -0.491 e. The second kappa shape index (κ2) is 9.18. The van der Waals surface area contributed by atoms with Crippen molar-refractivity contribution in [2.45, 2.75) is 47.6 Å². The van der Waals surface area contributed by atoms with Gasteiger partial charge in [0.25, 0.3) is 11.8 Å². The molecular formula is C29H30N2O3. The van der Waals surface area contributed by atoms with Crippen LogP contribution < -0.4 is 15.0 Å². The van der Waals surface area contributed by atoms with Gasteiger partial charge in [0.15, 0.2) is 0 Å². The van der Waals surface area contributed by atoms with Gasteiger partial charge in [0.2, 0.25) is 0 Å². The van der Waals surface area contributed by atoms with Crippen LogP contribution in [0.2, 0.25) is 0 Å². The standard InChI is InChI=1S/C29H30N2O3/c1-17(2)34-23-14-12-22(13-15-23)26-27(30-24-9-7-8-19(4)21(24)6)29(33)31(28(26)32)25-16-18(3)10-11-20(25)5/h7-17,30H,1-6H3. The fourth-order valence-corrected chi connectivity index (χ4v) is 4.09. The van der Waals surface area contributed by atoms with Crippen LogP contribution in [-0.2, 0) is 9.59 Å². The smallest absolute Gasteiger partial charge is 0.282 e. The quantitative estimate of drug-likeness (QED) is 0.457. The molecule has 1 aliphatic rings. The number of hydrogen-bond acceptors (Lipinski definition) is 4. The Kier molecular flexibility index (Phi) is 6.29. The second-order valence-corrected chi connectivity index (χ2v) is 9.05. The summed E-state index contributed by atoms with van der Waals surface area (Å²) in [7, 11) is 0. The molecule has 1 heterocycles. The van der Waals surface area contributed by atoms with Gasteiger partial charge in [-0.1, -0.05) is 36.4 Å². The minimum absolute atomic E-state index is 0.0427. The van der Waals surface area contributed by atoms with Crippen LogP contribution >= 0.6 is 0 Å². The Morgan fingerprint density at radius 1 is 0.824 bits per heavy atom. The molecule has 4 rings (SSSR count). The highest BCUT2D eigenvalue weighted by Gasteiger charge is 2.41. The number of rotatable bonds is 6. The van der Waals surface area contributed by atoms with Crippen LogP contribution in [0.25, 0.3) is 5.57 Å². The third-order valence-corrected chi connectivity index (χ3v) is 6.07. The number of ether oxygens (including phenoxy) is 1. The highest BCUT2D eigenvalue weighted by Crippen LogP contribution is 2.36. The zero-order valence-corrected chi connectivity index (χ0v) is 20.5. The lowest BCUT2D eigenvalue weighted by Gasteiger charge is -2.19. The minimum atomic E-state index is -0.364. The SMILES string of the molecule is Cc1ccc(C)c(N2C(=O)C(Nc3cccc(C)c3C)=C(c3ccc(OC(C)C)cc3)C2=O)c1. The summed E-state index contributed by atoms with van der Waals surface area (Å²) >= 11 is 0. The van der Waals surface area contributed by atoms with Crippen molar-refractivity contribution < 1.29 is 14.3 Å². The molecule has 0 saturated carbocycles. The van der Waals surface area contributed by atoms with Gasteiger partial charge in [-0.3, -0.25) is 9.59 Å². The lowest BCUT2D eigenvalue weighted by atomic mass is 10.0. The number of anilines is 2. The van der Waals surface area contributed by atoms with E-state index in [2.05, 4.69) is 5.32 Å². The van der Waals surface area contributed by atoms with Gasteiger partial charge >= 0.3 is 0 Å². The Balaban J connectivity index is 1.84. The molecule has 0 unspecified atom stereocenters. The number of aryl methyl sites for hydroxylation is 3. The average molecular weight is 455 g/mol. The van der Waals surface area contributed by atoms with Gasteiger partial charge in [0, 0.05) is 5.69 Å². The molecule has 0 radical (unpaired) electrons. The van der Waals surface area contributed by atoms with Crippen LogP contribution in [0.5, 0.6) is 5.75 Å². The molecule has 1 aliphatic heterocycles. The van der Waals surface area contributed by atoms with Crippen LogP contribution in [0.15, 0.2) is 66.4 Å². The maximum absolute atomic E-state index is 13.8. The fraction of sp³-hybridized carbons (Fsp3) is 0.241. The van der Waals surface area contributed by atoms with E-state index >= 15 is 0 Å². The first-order valence-electron chi connectivity index (χ1n) is 11.5. The van der Waals surface area contributed by atoms with E-state index in [-0.39, 0.29) is 23.6 Å². The Bertz CT molecular complexity index is 1300. The molecule has 0 aliphatic carbocycles. The third kappa shape index (κ3) is 4.34. The van der Waals surface area contributed by atoms with Gasteiger partial charge in [-0.05, 0) is 93.6 Å². The predicted molar refractivity (Wildman–Crippen MR) is 137 cm³/mol. The number of imide groups is 1. The molecular weight excluding hydrogens is 424 g/mol. The molecule has 5 heteroatoms. The van der Waals surface area contributed by atoms with E-state index in [4.69, 9.17) is 4.74 Å². The Morgan fingerprint density at radius 2 is 1.53 bits per heavy atom. The number of carbonyl (C=O) groups excluding carboxylic acids is 2. The molecule has 0 aromatic heterocycles. The van der Waals surface area contributed by atoms with Crippen LogP contribution in [-0.4, -0.2) is 17.9 Å². The maximum atomic E-state index is 13.8. The average Bonchev–Trinajstić information content (AvgIpc) is 3.03. The molecule has 0 spiro atoms. The zero-order chi connectivity index (χ0) is 24.6. The van der Waals surface area contributed by atoms with Crippen molar-refractivity contribution >= 4 is 28.8 Å². The summed E-state index contributed by atoms with van der Waals surface area (Å²) in [5.41, 5.74) is 6.66. The Hall–Kier alpha value is -3.86. The molecule has 0 atom stereocenters. The molecule has 34 heavy (non-hydrogen) atoms. The van der Waals surface area contributed by atoms with Crippen molar-refractivity contribution in [3.8, 4) is 5.75 Å². The topological polar surface area (TPSA) is 58.6 Å². The van der Waals surface area contributed by atoms with E-state index in [1.165, 1.54) is 4.90 Å². The van der Waals surface area contributed by atoms with E-state index in [1.54, 1.807) is 0 Å². The summed E-state index contributed by atoms with van der Waals surface area (Å²) in [5, 5.41) is 3.30. The lowest BCUT2D eigenvalue weighted by molar-refractivity contribution is -0.120. The van der Waals surface area contributed by atoms with Crippen LogP contribution in [0, 0.1) is 27.7 Å². The predicted octanol–water partition coefficient (Wildman–Crippen LogP) is 6.10. The van der Waals surface area contributed by atoms with E-state index in [0.717, 1.165) is 27.9 Å². The molecule has 1 N–H and O–H groups in total. The number of benzene rings is 3. The molecule has 3 aromatic rings. The highest BCUT2D eigenvalue weighted by molar-refractivity contribution is 6.46. The van der Waals surface area contributed by atoms with Crippen molar-refractivity contribution in [3.05, 3.63) is 94.2 Å². The third-order valence-electron chi connectivity index (χ3n) is 6.07. The van der Waals surface area contributed by atoms with E-state index in [1.807, 2.05) is 102 Å². The van der Waals surface area contributed by atoms with Gasteiger partial charge in [-0.2, -0.15) is 0 Å². The fourth-order valence-electron chi connectivity index (χ4n) is 4.09. The molecule has 0 saturated heterocycles. The van der Waals surface area contributed by atoms with Gasteiger partial charge in [0.1, 0.15) is 11.4 Å². The number of nitrogens with zero attached hydrogens (tertiary/aromatic N) is 1. The Labute approximate surface area is 201 Å². The second-order valence-electron chi connectivity index (χ2n) is 9.05.